The van der Waals surface area contributed by atoms with Crippen LogP contribution in [0.4, 0.5) is 5.82 Å². The Morgan fingerprint density at radius 2 is 1.89 bits per heavy atom. The predicted octanol–water partition coefficient (Wildman–Crippen LogP) is 4.61. The van der Waals surface area contributed by atoms with Gasteiger partial charge in [-0.3, -0.25) is 14.2 Å². The second-order valence-corrected chi connectivity index (χ2v) is 10.0. The highest BCUT2D eigenvalue weighted by Crippen LogP contribution is 2.24. The third-order valence-corrected chi connectivity index (χ3v) is 7.09. The summed E-state index contributed by atoms with van der Waals surface area (Å²) in [5.41, 5.74) is 2.74. The van der Waals surface area contributed by atoms with E-state index in [1.165, 1.54) is 10.9 Å². The molecular formula is C27H28ClN5O3. The molecule has 0 spiro atoms. The van der Waals surface area contributed by atoms with E-state index < -0.39 is 0 Å². The summed E-state index contributed by atoms with van der Waals surface area (Å²) in [7, 11) is 0. The van der Waals surface area contributed by atoms with Crippen LogP contribution in [0, 0.1) is 11.8 Å². The number of anilines is 1. The molecule has 36 heavy (non-hydrogen) atoms. The summed E-state index contributed by atoms with van der Waals surface area (Å²) < 4.78 is 8.77. The third-order valence-electron chi connectivity index (χ3n) is 6.84. The Balaban J connectivity index is 1.32. The lowest BCUT2D eigenvalue weighted by Gasteiger charge is -2.20. The number of hydrogen-bond acceptors (Lipinski definition) is 6. The average Bonchev–Trinajstić information content (AvgIpc) is 3.52. The molecule has 0 saturated carbocycles. The minimum atomic E-state index is -0.188. The quantitative estimate of drug-likeness (QED) is 0.356. The van der Waals surface area contributed by atoms with Crippen LogP contribution in [-0.2, 0) is 9.53 Å². The van der Waals surface area contributed by atoms with Crippen LogP contribution in [0.2, 0.25) is 5.02 Å². The lowest BCUT2D eigenvalue weighted by Crippen LogP contribution is -2.28. The van der Waals surface area contributed by atoms with Gasteiger partial charge in [0.2, 0.25) is 0 Å². The van der Waals surface area contributed by atoms with Gasteiger partial charge in [0.05, 0.1) is 24.3 Å². The van der Waals surface area contributed by atoms with Crippen molar-refractivity contribution in [3.05, 3.63) is 76.6 Å². The van der Waals surface area contributed by atoms with E-state index in [2.05, 4.69) is 15.0 Å². The first kappa shape index (κ1) is 24.1. The van der Waals surface area contributed by atoms with Gasteiger partial charge in [0, 0.05) is 29.7 Å². The van der Waals surface area contributed by atoms with Crippen molar-refractivity contribution >= 4 is 28.9 Å². The average molecular weight is 506 g/mol. The Bertz CT molecular complexity index is 1440. The third kappa shape index (κ3) is 4.73. The number of benzene rings is 1. The summed E-state index contributed by atoms with van der Waals surface area (Å²) in [6, 6.07) is 13.0. The molecule has 0 bridgehead atoms. The van der Waals surface area contributed by atoms with E-state index in [1.54, 1.807) is 10.7 Å². The highest BCUT2D eigenvalue weighted by molar-refractivity contribution is 6.30. The Morgan fingerprint density at radius 1 is 1.11 bits per heavy atom. The Morgan fingerprint density at radius 3 is 2.58 bits per heavy atom. The number of hydrogen-bond donors (Lipinski definition) is 0. The molecule has 5 rings (SSSR count). The van der Waals surface area contributed by atoms with Crippen LogP contribution < -0.4 is 10.5 Å². The van der Waals surface area contributed by atoms with E-state index in [4.69, 9.17) is 16.3 Å². The monoisotopic (exact) mass is 505 g/mol. The maximum atomic E-state index is 13.2. The van der Waals surface area contributed by atoms with Gasteiger partial charge in [0.25, 0.3) is 5.56 Å². The summed E-state index contributed by atoms with van der Waals surface area (Å²) >= 11 is 5.99. The first-order valence-electron chi connectivity index (χ1n) is 12.1. The Labute approximate surface area is 214 Å². The topological polar surface area (TPSA) is 81.7 Å². The number of aromatic nitrogens is 4. The van der Waals surface area contributed by atoms with E-state index in [-0.39, 0.29) is 29.5 Å². The van der Waals surface area contributed by atoms with Crippen LogP contribution in [0.1, 0.15) is 27.2 Å². The number of nitrogens with zero attached hydrogens (tertiary/aromatic N) is 5. The first-order chi connectivity index (χ1) is 17.3. The molecule has 1 aromatic carbocycles. The zero-order chi connectivity index (χ0) is 25.4. The van der Waals surface area contributed by atoms with Crippen molar-refractivity contribution in [2.24, 2.45) is 11.8 Å². The first-order valence-corrected chi connectivity index (χ1v) is 12.5. The Hall–Kier alpha value is -3.65. The predicted molar refractivity (Wildman–Crippen MR) is 140 cm³/mol. The summed E-state index contributed by atoms with van der Waals surface area (Å²) in [5.74, 6) is 0.761. The van der Waals surface area contributed by atoms with E-state index >= 15 is 0 Å². The van der Waals surface area contributed by atoms with Crippen molar-refractivity contribution in [3.8, 4) is 16.8 Å². The highest BCUT2D eigenvalue weighted by Gasteiger charge is 2.29. The number of carbonyl (C=O) groups is 1. The minimum Gasteiger partial charge on any atom is -0.460 e. The molecular weight excluding hydrogens is 478 g/mol. The van der Waals surface area contributed by atoms with Crippen LogP contribution in [-0.4, -0.2) is 44.3 Å². The van der Waals surface area contributed by atoms with Crippen molar-refractivity contribution in [3.63, 3.8) is 0 Å². The molecule has 1 saturated heterocycles. The van der Waals surface area contributed by atoms with Crippen molar-refractivity contribution in [2.75, 3.05) is 18.0 Å². The highest BCUT2D eigenvalue weighted by atomic mass is 35.5. The van der Waals surface area contributed by atoms with Gasteiger partial charge in [-0.1, -0.05) is 44.5 Å². The number of esters is 1. The number of fused-ring (bicyclic) bond motifs is 1. The molecule has 1 fully saturated rings. The van der Waals surface area contributed by atoms with Gasteiger partial charge in [0.1, 0.15) is 23.8 Å². The molecule has 3 aromatic heterocycles. The molecule has 0 unspecified atom stereocenters. The van der Waals surface area contributed by atoms with Crippen LogP contribution >= 0.6 is 11.6 Å². The molecule has 1 aliphatic heterocycles. The maximum absolute atomic E-state index is 13.2. The fourth-order valence-corrected chi connectivity index (χ4v) is 4.38. The standard InChI is InChI=1S/C27H28ClN5O3/c1-17(2)18(3)27(35)36-23-10-11-31(15-23)25-9-8-22(13-29-25)32-16-30-33-14-20(12-24(33)26(32)34)19-4-6-21(28)7-5-19/h4-9,12-14,16-18,23H,10-11,15H2,1-3H3/t18-,23+/m0/s1. The van der Waals surface area contributed by atoms with E-state index in [0.29, 0.717) is 22.8 Å². The van der Waals surface area contributed by atoms with Crippen LogP contribution in [0.5, 0.6) is 0 Å². The maximum Gasteiger partial charge on any atom is 0.309 e. The number of pyridine rings is 1. The van der Waals surface area contributed by atoms with Crippen molar-refractivity contribution in [1.29, 1.82) is 0 Å². The van der Waals surface area contributed by atoms with Crippen molar-refractivity contribution < 1.29 is 9.53 Å². The zero-order valence-corrected chi connectivity index (χ0v) is 21.2. The molecule has 0 N–H and O–H groups in total. The van der Waals surface area contributed by atoms with Gasteiger partial charge in [-0.15, -0.1) is 0 Å². The molecule has 1 aliphatic rings. The van der Waals surface area contributed by atoms with E-state index in [1.807, 2.05) is 69.4 Å². The normalized spacial score (nSPS) is 16.6. The molecule has 186 valence electrons. The number of halogens is 1. The Kier molecular flexibility index (Phi) is 6.53. The van der Waals surface area contributed by atoms with E-state index in [9.17, 15) is 9.59 Å². The molecule has 4 aromatic rings. The minimum absolute atomic E-state index is 0.122. The largest absolute Gasteiger partial charge is 0.460 e. The van der Waals surface area contributed by atoms with E-state index in [0.717, 1.165) is 29.9 Å². The molecule has 4 heterocycles. The van der Waals surface area contributed by atoms with Gasteiger partial charge >= 0.3 is 5.97 Å². The number of ether oxygens (including phenoxy) is 1. The lowest BCUT2D eigenvalue weighted by molar-refractivity contribution is -0.153. The lowest BCUT2D eigenvalue weighted by atomic mass is 9.98. The molecule has 0 aliphatic carbocycles. The summed E-state index contributed by atoms with van der Waals surface area (Å²) in [4.78, 5) is 32.2. The molecule has 0 radical (unpaired) electrons. The second-order valence-electron chi connectivity index (χ2n) is 9.57. The fraction of sp³-hybridized carbons (Fsp3) is 0.333. The molecule has 0 amide bonds. The second kappa shape index (κ2) is 9.78. The van der Waals surface area contributed by atoms with Gasteiger partial charge in [-0.2, -0.15) is 5.10 Å². The van der Waals surface area contributed by atoms with Crippen LogP contribution in [0.3, 0.4) is 0 Å². The number of rotatable bonds is 6. The van der Waals surface area contributed by atoms with Crippen molar-refractivity contribution in [2.45, 2.75) is 33.3 Å². The summed E-state index contributed by atoms with van der Waals surface area (Å²) in [5, 5.41) is 5.07. The van der Waals surface area contributed by atoms with Gasteiger partial charge in [0.15, 0.2) is 0 Å². The molecule has 2 atom stereocenters. The summed E-state index contributed by atoms with van der Waals surface area (Å²) in [6.07, 6.45) is 5.62. The van der Waals surface area contributed by atoms with Crippen molar-refractivity contribution in [1.82, 2.24) is 19.2 Å². The fourth-order valence-electron chi connectivity index (χ4n) is 4.26. The smallest absolute Gasteiger partial charge is 0.309 e. The van der Waals surface area contributed by atoms with Crippen LogP contribution in [0.25, 0.3) is 22.3 Å². The molecule has 8 nitrogen and oxygen atoms in total. The van der Waals surface area contributed by atoms with Gasteiger partial charge in [-0.05, 0) is 41.8 Å². The number of carbonyl (C=O) groups excluding carboxylic acids is 1. The van der Waals surface area contributed by atoms with Gasteiger partial charge < -0.3 is 9.64 Å². The summed E-state index contributed by atoms with van der Waals surface area (Å²) in [6.45, 7) is 7.30. The SMILES string of the molecule is CC(C)[C@H](C)C(=O)O[C@@H]1CCN(c2ccc(-n3cnn4cc(-c5ccc(Cl)cc5)cc4c3=O)cn2)C1. The van der Waals surface area contributed by atoms with Crippen LogP contribution in [0.15, 0.2) is 66.0 Å². The zero-order valence-electron chi connectivity index (χ0n) is 20.5. The van der Waals surface area contributed by atoms with Gasteiger partial charge in [-0.25, -0.2) is 9.50 Å². The molecule has 9 heteroatoms.